The minimum absolute atomic E-state index is 0.0756. The van der Waals surface area contributed by atoms with Gasteiger partial charge in [-0.05, 0) is 43.9 Å². The summed E-state index contributed by atoms with van der Waals surface area (Å²) in [7, 11) is 0. The van der Waals surface area contributed by atoms with E-state index in [1.165, 1.54) is 0 Å². The van der Waals surface area contributed by atoms with Gasteiger partial charge < -0.3 is 15.2 Å². The van der Waals surface area contributed by atoms with Gasteiger partial charge in [-0.25, -0.2) is 0 Å². The van der Waals surface area contributed by atoms with Crippen LogP contribution in [-0.2, 0) is 4.74 Å². The van der Waals surface area contributed by atoms with Gasteiger partial charge in [0.15, 0.2) is 0 Å². The van der Waals surface area contributed by atoms with Crippen LogP contribution in [0, 0.1) is 5.92 Å². The average Bonchev–Trinajstić information content (AvgIpc) is 2.38. The summed E-state index contributed by atoms with van der Waals surface area (Å²) in [6, 6.07) is 5.55. The summed E-state index contributed by atoms with van der Waals surface area (Å²) in [5.41, 5.74) is 6.90. The van der Waals surface area contributed by atoms with Crippen molar-refractivity contribution >= 4 is 11.6 Å². The molecule has 0 radical (unpaired) electrons. The molecule has 1 fully saturated rings. The van der Waals surface area contributed by atoms with Crippen LogP contribution >= 0.6 is 11.6 Å². The van der Waals surface area contributed by atoms with Gasteiger partial charge in [0.2, 0.25) is 0 Å². The van der Waals surface area contributed by atoms with Crippen LogP contribution in [0.15, 0.2) is 18.2 Å². The molecule has 1 unspecified atom stereocenters. The maximum absolute atomic E-state index is 5.98. The largest absolute Gasteiger partial charge is 0.493 e. The molecule has 4 heteroatoms. The Bertz CT molecular complexity index is 389. The number of hydrogen-bond donors (Lipinski definition) is 1. The SMILES string of the molecule is CC(N)c1cc(Cl)ccc1OCC1CCOCC1. The van der Waals surface area contributed by atoms with E-state index in [0.717, 1.165) is 44.0 Å². The van der Waals surface area contributed by atoms with Gasteiger partial charge in [-0.1, -0.05) is 11.6 Å². The second-order valence-corrected chi connectivity index (χ2v) is 5.27. The predicted octanol–water partition coefficient (Wildman–Crippen LogP) is 3.17. The normalized spacial score (nSPS) is 18.6. The van der Waals surface area contributed by atoms with Gasteiger partial charge in [-0.15, -0.1) is 0 Å². The van der Waals surface area contributed by atoms with E-state index in [0.29, 0.717) is 10.9 Å². The average molecular weight is 270 g/mol. The van der Waals surface area contributed by atoms with Gasteiger partial charge in [-0.2, -0.15) is 0 Å². The van der Waals surface area contributed by atoms with Crippen molar-refractivity contribution in [3.63, 3.8) is 0 Å². The third kappa shape index (κ3) is 3.61. The molecule has 2 N–H and O–H groups in total. The fourth-order valence-corrected chi connectivity index (χ4v) is 2.31. The highest BCUT2D eigenvalue weighted by Crippen LogP contribution is 2.28. The Morgan fingerprint density at radius 3 is 2.83 bits per heavy atom. The van der Waals surface area contributed by atoms with Crippen LogP contribution < -0.4 is 10.5 Å². The summed E-state index contributed by atoms with van der Waals surface area (Å²) in [6.07, 6.45) is 2.14. The van der Waals surface area contributed by atoms with Crippen molar-refractivity contribution in [3.8, 4) is 5.75 Å². The van der Waals surface area contributed by atoms with Gasteiger partial charge in [0, 0.05) is 29.8 Å². The van der Waals surface area contributed by atoms with Gasteiger partial charge in [0.1, 0.15) is 5.75 Å². The second-order valence-electron chi connectivity index (χ2n) is 4.84. The minimum Gasteiger partial charge on any atom is -0.493 e. The van der Waals surface area contributed by atoms with Crippen molar-refractivity contribution in [2.75, 3.05) is 19.8 Å². The summed E-state index contributed by atoms with van der Waals surface area (Å²) in [4.78, 5) is 0. The fraction of sp³-hybridized carbons (Fsp3) is 0.571. The first kappa shape index (κ1) is 13.7. The van der Waals surface area contributed by atoms with Crippen molar-refractivity contribution < 1.29 is 9.47 Å². The molecular formula is C14H20ClNO2. The number of halogens is 1. The zero-order valence-electron chi connectivity index (χ0n) is 10.7. The van der Waals surface area contributed by atoms with E-state index in [1.807, 2.05) is 25.1 Å². The Labute approximate surface area is 113 Å². The van der Waals surface area contributed by atoms with Crippen LogP contribution in [-0.4, -0.2) is 19.8 Å². The first-order valence-electron chi connectivity index (χ1n) is 6.42. The Hall–Kier alpha value is -0.770. The molecule has 1 heterocycles. The summed E-state index contributed by atoms with van der Waals surface area (Å²) < 4.78 is 11.2. The third-order valence-electron chi connectivity index (χ3n) is 3.28. The van der Waals surface area contributed by atoms with E-state index in [4.69, 9.17) is 26.8 Å². The van der Waals surface area contributed by atoms with Crippen molar-refractivity contribution in [2.45, 2.75) is 25.8 Å². The maximum atomic E-state index is 5.98. The molecule has 0 bridgehead atoms. The summed E-state index contributed by atoms with van der Waals surface area (Å²) >= 11 is 5.98. The lowest BCUT2D eigenvalue weighted by Crippen LogP contribution is -2.22. The molecule has 0 spiro atoms. The molecule has 18 heavy (non-hydrogen) atoms. The molecule has 1 aliphatic heterocycles. The first-order chi connectivity index (χ1) is 8.66. The Balaban J connectivity index is 1.99. The molecule has 100 valence electrons. The molecule has 1 aliphatic rings. The standard InChI is InChI=1S/C14H20ClNO2/c1-10(16)13-8-12(15)2-3-14(13)18-9-11-4-6-17-7-5-11/h2-3,8,10-11H,4-7,9,16H2,1H3. The van der Waals surface area contributed by atoms with E-state index >= 15 is 0 Å². The van der Waals surface area contributed by atoms with E-state index in [9.17, 15) is 0 Å². The number of benzene rings is 1. The molecule has 1 aromatic rings. The lowest BCUT2D eigenvalue weighted by Gasteiger charge is -2.23. The third-order valence-corrected chi connectivity index (χ3v) is 3.51. The molecule has 0 saturated carbocycles. The number of rotatable bonds is 4. The van der Waals surface area contributed by atoms with E-state index in [1.54, 1.807) is 0 Å². The maximum Gasteiger partial charge on any atom is 0.124 e. The molecule has 1 atom stereocenters. The predicted molar refractivity (Wildman–Crippen MR) is 73.1 cm³/mol. The van der Waals surface area contributed by atoms with Crippen LogP contribution in [0.2, 0.25) is 5.02 Å². The lowest BCUT2D eigenvalue weighted by atomic mass is 10.0. The molecule has 0 aromatic heterocycles. The van der Waals surface area contributed by atoms with Crippen LogP contribution in [0.4, 0.5) is 0 Å². The highest BCUT2D eigenvalue weighted by molar-refractivity contribution is 6.30. The van der Waals surface area contributed by atoms with Crippen LogP contribution in [0.25, 0.3) is 0 Å². The zero-order chi connectivity index (χ0) is 13.0. The van der Waals surface area contributed by atoms with Crippen LogP contribution in [0.5, 0.6) is 5.75 Å². The topological polar surface area (TPSA) is 44.5 Å². The van der Waals surface area contributed by atoms with Gasteiger partial charge >= 0.3 is 0 Å². The number of nitrogens with two attached hydrogens (primary N) is 1. The highest BCUT2D eigenvalue weighted by Gasteiger charge is 2.16. The molecular weight excluding hydrogens is 250 g/mol. The quantitative estimate of drug-likeness (QED) is 0.913. The summed E-state index contributed by atoms with van der Waals surface area (Å²) in [6.45, 7) is 4.35. The van der Waals surface area contributed by atoms with Crippen molar-refractivity contribution in [2.24, 2.45) is 11.7 Å². The van der Waals surface area contributed by atoms with Crippen LogP contribution in [0.3, 0.4) is 0 Å². The first-order valence-corrected chi connectivity index (χ1v) is 6.80. The monoisotopic (exact) mass is 269 g/mol. The highest BCUT2D eigenvalue weighted by atomic mass is 35.5. The molecule has 1 aromatic carbocycles. The van der Waals surface area contributed by atoms with Gasteiger partial charge in [-0.3, -0.25) is 0 Å². The second kappa shape index (κ2) is 6.41. The molecule has 1 saturated heterocycles. The lowest BCUT2D eigenvalue weighted by molar-refractivity contribution is 0.0496. The molecule has 0 aliphatic carbocycles. The van der Waals surface area contributed by atoms with E-state index < -0.39 is 0 Å². The van der Waals surface area contributed by atoms with Crippen molar-refractivity contribution in [1.82, 2.24) is 0 Å². The van der Waals surface area contributed by atoms with Crippen molar-refractivity contribution in [1.29, 1.82) is 0 Å². The smallest absolute Gasteiger partial charge is 0.124 e. The van der Waals surface area contributed by atoms with Gasteiger partial charge in [0.05, 0.1) is 6.61 Å². The van der Waals surface area contributed by atoms with E-state index in [-0.39, 0.29) is 6.04 Å². The summed E-state index contributed by atoms with van der Waals surface area (Å²) in [5, 5.41) is 0.695. The fourth-order valence-electron chi connectivity index (χ4n) is 2.13. The number of ether oxygens (including phenoxy) is 2. The Morgan fingerprint density at radius 2 is 2.17 bits per heavy atom. The Kier molecular flexibility index (Phi) is 4.87. The number of hydrogen-bond acceptors (Lipinski definition) is 3. The van der Waals surface area contributed by atoms with E-state index in [2.05, 4.69) is 0 Å². The molecule has 0 amide bonds. The molecule has 3 nitrogen and oxygen atoms in total. The molecule has 2 rings (SSSR count). The van der Waals surface area contributed by atoms with Crippen molar-refractivity contribution in [3.05, 3.63) is 28.8 Å². The van der Waals surface area contributed by atoms with Crippen LogP contribution in [0.1, 0.15) is 31.4 Å². The minimum atomic E-state index is -0.0756. The Morgan fingerprint density at radius 1 is 1.44 bits per heavy atom. The summed E-state index contributed by atoms with van der Waals surface area (Å²) in [5.74, 6) is 1.43. The van der Waals surface area contributed by atoms with Gasteiger partial charge in [0.25, 0.3) is 0 Å². The zero-order valence-corrected chi connectivity index (χ0v) is 11.5.